The Bertz CT molecular complexity index is 254. The van der Waals surface area contributed by atoms with E-state index in [1.54, 1.807) is 0 Å². The van der Waals surface area contributed by atoms with Crippen LogP contribution in [0.5, 0.6) is 0 Å². The fourth-order valence-corrected chi connectivity index (χ4v) is 1.43. The minimum absolute atomic E-state index is 0.0312. The smallest absolute Gasteiger partial charge is 0.219 e. The maximum atomic E-state index is 10.9. The van der Waals surface area contributed by atoms with E-state index in [1.807, 2.05) is 6.92 Å². The maximum Gasteiger partial charge on any atom is 0.219 e. The minimum atomic E-state index is 0.0312. The summed E-state index contributed by atoms with van der Waals surface area (Å²) in [7, 11) is 0. The Hall–Kier alpha value is -0.770. The number of carbonyl (C=O) groups excluding carboxylic acids is 1. The highest BCUT2D eigenvalue weighted by Crippen LogP contribution is 1.84. The molecule has 0 aliphatic carbocycles. The third kappa shape index (κ3) is 19.2. The summed E-state index contributed by atoms with van der Waals surface area (Å²) < 4.78 is 26.3. The van der Waals surface area contributed by atoms with Crippen LogP contribution in [0.3, 0.4) is 0 Å². The molecular formula is C15H31NO7. The van der Waals surface area contributed by atoms with Crippen LogP contribution in [0.25, 0.3) is 0 Å². The van der Waals surface area contributed by atoms with E-state index in [0.717, 1.165) is 0 Å². The Morgan fingerprint density at radius 3 is 1.52 bits per heavy atom. The van der Waals surface area contributed by atoms with Crippen molar-refractivity contribution in [2.75, 3.05) is 79.2 Å². The van der Waals surface area contributed by atoms with Gasteiger partial charge in [0.05, 0.1) is 72.7 Å². The zero-order valence-electron chi connectivity index (χ0n) is 14.1. The van der Waals surface area contributed by atoms with Gasteiger partial charge in [-0.25, -0.2) is 0 Å². The highest BCUT2D eigenvalue weighted by Gasteiger charge is 1.95. The van der Waals surface area contributed by atoms with E-state index in [-0.39, 0.29) is 12.5 Å². The minimum Gasteiger partial charge on any atom is -0.394 e. The van der Waals surface area contributed by atoms with Gasteiger partial charge in [0, 0.05) is 13.0 Å². The Kier molecular flexibility index (Phi) is 18.6. The van der Waals surface area contributed by atoms with E-state index >= 15 is 0 Å². The second kappa shape index (κ2) is 19.3. The van der Waals surface area contributed by atoms with Crippen LogP contribution in [0.2, 0.25) is 0 Å². The molecule has 1 amide bonds. The van der Waals surface area contributed by atoms with Gasteiger partial charge < -0.3 is 34.1 Å². The molecule has 8 heteroatoms. The second-order valence-electron chi connectivity index (χ2n) is 4.49. The van der Waals surface area contributed by atoms with Crippen molar-refractivity contribution in [3.05, 3.63) is 0 Å². The van der Waals surface area contributed by atoms with E-state index in [4.69, 9.17) is 28.8 Å². The van der Waals surface area contributed by atoms with E-state index in [0.29, 0.717) is 79.0 Å². The number of aliphatic hydroxyl groups excluding tert-OH is 1. The van der Waals surface area contributed by atoms with Crippen molar-refractivity contribution in [1.82, 2.24) is 5.32 Å². The van der Waals surface area contributed by atoms with Crippen molar-refractivity contribution in [1.29, 1.82) is 0 Å². The van der Waals surface area contributed by atoms with Crippen LogP contribution in [0.1, 0.15) is 13.3 Å². The average molecular weight is 337 g/mol. The molecule has 0 bridgehead atoms. The quantitative estimate of drug-likeness (QED) is 0.328. The molecule has 2 N–H and O–H groups in total. The normalized spacial score (nSPS) is 10.9. The largest absolute Gasteiger partial charge is 0.394 e. The molecule has 0 atom stereocenters. The molecule has 0 aromatic rings. The van der Waals surface area contributed by atoms with Crippen LogP contribution in [-0.2, 0) is 28.5 Å². The lowest BCUT2D eigenvalue weighted by Gasteiger charge is -2.08. The van der Waals surface area contributed by atoms with Gasteiger partial charge in [-0.3, -0.25) is 4.79 Å². The van der Waals surface area contributed by atoms with E-state index < -0.39 is 0 Å². The van der Waals surface area contributed by atoms with Gasteiger partial charge in [-0.1, -0.05) is 6.92 Å². The van der Waals surface area contributed by atoms with Crippen LogP contribution < -0.4 is 5.32 Å². The van der Waals surface area contributed by atoms with Gasteiger partial charge in [0.25, 0.3) is 0 Å². The molecule has 0 aliphatic heterocycles. The summed E-state index contributed by atoms with van der Waals surface area (Å²) in [6, 6.07) is 0. The van der Waals surface area contributed by atoms with Crippen LogP contribution in [-0.4, -0.2) is 90.2 Å². The van der Waals surface area contributed by atoms with Crippen LogP contribution in [0.4, 0.5) is 0 Å². The number of ether oxygens (including phenoxy) is 5. The second-order valence-corrected chi connectivity index (χ2v) is 4.49. The molecule has 0 aliphatic rings. The molecule has 0 heterocycles. The first-order valence-electron chi connectivity index (χ1n) is 8.07. The predicted molar refractivity (Wildman–Crippen MR) is 84.5 cm³/mol. The van der Waals surface area contributed by atoms with Gasteiger partial charge in [-0.15, -0.1) is 0 Å². The van der Waals surface area contributed by atoms with E-state index in [1.165, 1.54) is 0 Å². The number of nitrogens with one attached hydrogen (secondary N) is 1. The lowest BCUT2D eigenvalue weighted by atomic mass is 10.4. The first-order chi connectivity index (χ1) is 11.3. The third-order valence-corrected chi connectivity index (χ3v) is 2.61. The molecule has 0 fully saturated rings. The summed E-state index contributed by atoms with van der Waals surface area (Å²) in [5.74, 6) is 0.0312. The maximum absolute atomic E-state index is 10.9. The number of aliphatic hydroxyl groups is 1. The lowest BCUT2D eigenvalue weighted by molar-refractivity contribution is -0.121. The Morgan fingerprint density at radius 2 is 1.13 bits per heavy atom. The van der Waals surface area contributed by atoms with E-state index in [2.05, 4.69) is 5.32 Å². The number of hydrogen-bond donors (Lipinski definition) is 2. The fourth-order valence-electron chi connectivity index (χ4n) is 1.43. The SMILES string of the molecule is CCC(=O)NCCOCCOCCOCCOCCOCCO. The van der Waals surface area contributed by atoms with Crippen molar-refractivity contribution in [2.45, 2.75) is 13.3 Å². The third-order valence-electron chi connectivity index (χ3n) is 2.61. The first-order valence-corrected chi connectivity index (χ1v) is 8.07. The summed E-state index contributed by atoms with van der Waals surface area (Å²) >= 11 is 0. The topological polar surface area (TPSA) is 95.5 Å². The standard InChI is InChI=1S/C15H31NO7/c1-2-15(18)16-3-5-19-7-9-21-11-13-23-14-12-22-10-8-20-6-4-17/h17H,2-14H2,1H3,(H,16,18). The molecule has 0 aromatic heterocycles. The molecule has 138 valence electrons. The van der Waals surface area contributed by atoms with Crippen LogP contribution >= 0.6 is 0 Å². The van der Waals surface area contributed by atoms with Crippen LogP contribution in [0, 0.1) is 0 Å². The summed E-state index contributed by atoms with van der Waals surface area (Å²) in [6.45, 7) is 7.22. The summed E-state index contributed by atoms with van der Waals surface area (Å²) in [5, 5.41) is 11.2. The molecule has 0 saturated heterocycles. The fraction of sp³-hybridized carbons (Fsp3) is 0.933. The summed E-state index contributed by atoms with van der Waals surface area (Å²) in [5.41, 5.74) is 0. The highest BCUT2D eigenvalue weighted by molar-refractivity contribution is 5.75. The predicted octanol–water partition coefficient (Wildman–Crippen LogP) is -0.412. The van der Waals surface area contributed by atoms with Crippen LogP contribution in [0.15, 0.2) is 0 Å². The zero-order chi connectivity index (χ0) is 17.0. The molecular weight excluding hydrogens is 306 g/mol. The zero-order valence-corrected chi connectivity index (χ0v) is 14.1. The average Bonchev–Trinajstić information content (AvgIpc) is 2.57. The van der Waals surface area contributed by atoms with Gasteiger partial charge >= 0.3 is 0 Å². The Morgan fingerprint density at radius 1 is 0.739 bits per heavy atom. The van der Waals surface area contributed by atoms with Crippen molar-refractivity contribution in [3.8, 4) is 0 Å². The van der Waals surface area contributed by atoms with Crippen molar-refractivity contribution in [2.24, 2.45) is 0 Å². The van der Waals surface area contributed by atoms with Gasteiger partial charge in [0.1, 0.15) is 0 Å². The molecule has 0 rings (SSSR count). The molecule has 0 aromatic carbocycles. The van der Waals surface area contributed by atoms with Crippen molar-refractivity contribution in [3.63, 3.8) is 0 Å². The van der Waals surface area contributed by atoms with Crippen molar-refractivity contribution >= 4 is 5.91 Å². The van der Waals surface area contributed by atoms with Gasteiger partial charge in [0.2, 0.25) is 5.91 Å². The molecule has 0 radical (unpaired) electrons. The van der Waals surface area contributed by atoms with Gasteiger partial charge in [-0.2, -0.15) is 0 Å². The monoisotopic (exact) mass is 337 g/mol. The Balaban J connectivity index is 2.99. The first kappa shape index (κ1) is 22.2. The Labute approximate surface area is 138 Å². The van der Waals surface area contributed by atoms with Gasteiger partial charge in [0.15, 0.2) is 0 Å². The highest BCUT2D eigenvalue weighted by atomic mass is 16.6. The molecule has 23 heavy (non-hydrogen) atoms. The number of rotatable bonds is 18. The molecule has 0 spiro atoms. The van der Waals surface area contributed by atoms with Gasteiger partial charge in [-0.05, 0) is 0 Å². The van der Waals surface area contributed by atoms with Crippen molar-refractivity contribution < 1.29 is 33.6 Å². The number of hydrogen-bond acceptors (Lipinski definition) is 7. The number of carbonyl (C=O) groups is 1. The molecule has 0 saturated carbocycles. The van der Waals surface area contributed by atoms with E-state index in [9.17, 15) is 4.79 Å². The number of amides is 1. The summed E-state index contributed by atoms with van der Waals surface area (Å²) in [4.78, 5) is 10.9. The lowest BCUT2D eigenvalue weighted by Crippen LogP contribution is -2.26. The molecule has 8 nitrogen and oxygen atoms in total. The summed E-state index contributed by atoms with van der Waals surface area (Å²) in [6.07, 6.45) is 0.492. The molecule has 0 unspecified atom stereocenters.